The van der Waals surface area contributed by atoms with Crippen LogP contribution >= 0.6 is 0 Å². The fourth-order valence-electron chi connectivity index (χ4n) is 1.58. The third kappa shape index (κ3) is 4.45. The van der Waals surface area contributed by atoms with Crippen molar-refractivity contribution < 1.29 is 9.90 Å². The SMILES string of the molecule is CC(C)C(CC(=O)O)NCc1ccccc1. The monoisotopic (exact) mass is 221 g/mol. The largest absolute Gasteiger partial charge is 0.481 e. The Labute approximate surface area is 96.5 Å². The van der Waals surface area contributed by atoms with E-state index in [1.165, 1.54) is 5.56 Å². The van der Waals surface area contributed by atoms with Crippen molar-refractivity contribution in [1.29, 1.82) is 0 Å². The molecule has 0 aromatic heterocycles. The van der Waals surface area contributed by atoms with Gasteiger partial charge in [-0.05, 0) is 11.5 Å². The maximum absolute atomic E-state index is 10.7. The molecule has 1 unspecified atom stereocenters. The molecule has 0 saturated heterocycles. The molecular formula is C13H19NO2. The summed E-state index contributed by atoms with van der Waals surface area (Å²) in [5, 5.41) is 12.1. The first-order chi connectivity index (χ1) is 7.59. The Balaban J connectivity index is 2.47. The number of hydrogen-bond donors (Lipinski definition) is 2. The number of carboxylic acids is 1. The van der Waals surface area contributed by atoms with E-state index >= 15 is 0 Å². The number of hydrogen-bond acceptors (Lipinski definition) is 2. The normalized spacial score (nSPS) is 12.7. The second kappa shape index (κ2) is 6.28. The zero-order chi connectivity index (χ0) is 12.0. The zero-order valence-electron chi connectivity index (χ0n) is 9.81. The lowest BCUT2D eigenvalue weighted by Crippen LogP contribution is -2.35. The van der Waals surface area contributed by atoms with Crippen LogP contribution in [0.15, 0.2) is 30.3 Å². The molecule has 0 amide bonds. The van der Waals surface area contributed by atoms with Gasteiger partial charge in [0, 0.05) is 12.6 Å². The summed E-state index contributed by atoms with van der Waals surface area (Å²) in [7, 11) is 0. The van der Waals surface area contributed by atoms with Crippen molar-refractivity contribution >= 4 is 5.97 Å². The lowest BCUT2D eigenvalue weighted by Gasteiger charge is -2.20. The van der Waals surface area contributed by atoms with Gasteiger partial charge in [0.25, 0.3) is 0 Å². The summed E-state index contributed by atoms with van der Waals surface area (Å²) in [4.78, 5) is 10.7. The predicted octanol–water partition coefficient (Wildman–Crippen LogP) is 2.28. The Bertz CT molecular complexity index is 322. The van der Waals surface area contributed by atoms with E-state index in [9.17, 15) is 4.79 Å². The molecule has 16 heavy (non-hydrogen) atoms. The van der Waals surface area contributed by atoms with Crippen LogP contribution in [0, 0.1) is 5.92 Å². The van der Waals surface area contributed by atoms with Crippen LogP contribution in [0.4, 0.5) is 0 Å². The van der Waals surface area contributed by atoms with E-state index in [1.54, 1.807) is 0 Å². The number of carbonyl (C=O) groups is 1. The molecule has 3 heteroatoms. The summed E-state index contributed by atoms with van der Waals surface area (Å²) >= 11 is 0. The van der Waals surface area contributed by atoms with Gasteiger partial charge in [0.05, 0.1) is 6.42 Å². The van der Waals surface area contributed by atoms with E-state index < -0.39 is 5.97 Å². The highest BCUT2D eigenvalue weighted by atomic mass is 16.4. The average molecular weight is 221 g/mol. The van der Waals surface area contributed by atoms with Crippen LogP contribution in [-0.4, -0.2) is 17.1 Å². The second-order valence-corrected chi connectivity index (χ2v) is 4.31. The van der Waals surface area contributed by atoms with Crippen molar-refractivity contribution in [2.75, 3.05) is 0 Å². The van der Waals surface area contributed by atoms with Crippen molar-refractivity contribution in [2.45, 2.75) is 32.9 Å². The number of nitrogens with one attached hydrogen (secondary N) is 1. The highest BCUT2D eigenvalue weighted by molar-refractivity contribution is 5.67. The lowest BCUT2D eigenvalue weighted by molar-refractivity contribution is -0.137. The number of carboxylic acid groups (broad SMARTS) is 1. The first-order valence-electron chi connectivity index (χ1n) is 5.58. The predicted molar refractivity (Wildman–Crippen MR) is 64.2 cm³/mol. The molecule has 0 fully saturated rings. The third-order valence-electron chi connectivity index (χ3n) is 2.61. The second-order valence-electron chi connectivity index (χ2n) is 4.31. The maximum Gasteiger partial charge on any atom is 0.304 e. The zero-order valence-corrected chi connectivity index (χ0v) is 9.81. The van der Waals surface area contributed by atoms with E-state index in [4.69, 9.17) is 5.11 Å². The minimum atomic E-state index is -0.751. The molecule has 0 spiro atoms. The molecule has 0 aliphatic carbocycles. The highest BCUT2D eigenvalue weighted by Gasteiger charge is 2.16. The highest BCUT2D eigenvalue weighted by Crippen LogP contribution is 2.08. The average Bonchev–Trinajstić information content (AvgIpc) is 2.25. The number of benzene rings is 1. The van der Waals surface area contributed by atoms with E-state index in [0.717, 1.165) is 6.54 Å². The molecule has 0 radical (unpaired) electrons. The molecule has 2 N–H and O–H groups in total. The Hall–Kier alpha value is -1.35. The van der Waals surface area contributed by atoms with E-state index in [1.807, 2.05) is 44.2 Å². The van der Waals surface area contributed by atoms with Gasteiger partial charge < -0.3 is 10.4 Å². The van der Waals surface area contributed by atoms with Crippen LogP contribution in [0.2, 0.25) is 0 Å². The molecule has 1 atom stereocenters. The fraction of sp³-hybridized carbons (Fsp3) is 0.462. The van der Waals surface area contributed by atoms with Gasteiger partial charge >= 0.3 is 5.97 Å². The summed E-state index contributed by atoms with van der Waals surface area (Å²) < 4.78 is 0. The molecule has 0 aliphatic rings. The topological polar surface area (TPSA) is 49.3 Å². The summed E-state index contributed by atoms with van der Waals surface area (Å²) in [6, 6.07) is 10.0. The van der Waals surface area contributed by atoms with E-state index in [2.05, 4.69) is 5.32 Å². The summed E-state index contributed by atoms with van der Waals surface area (Å²) in [6.07, 6.45) is 0.171. The minimum Gasteiger partial charge on any atom is -0.481 e. The molecule has 88 valence electrons. The van der Waals surface area contributed by atoms with Crippen LogP contribution in [0.5, 0.6) is 0 Å². The first kappa shape index (κ1) is 12.7. The van der Waals surface area contributed by atoms with Crippen LogP contribution in [0.1, 0.15) is 25.8 Å². The smallest absolute Gasteiger partial charge is 0.304 e. The van der Waals surface area contributed by atoms with Gasteiger partial charge in [0.1, 0.15) is 0 Å². The van der Waals surface area contributed by atoms with Gasteiger partial charge in [-0.3, -0.25) is 4.79 Å². The Morgan fingerprint density at radius 1 is 1.31 bits per heavy atom. The molecule has 0 saturated carbocycles. The maximum atomic E-state index is 10.7. The molecule has 0 heterocycles. The number of rotatable bonds is 6. The van der Waals surface area contributed by atoms with Crippen LogP contribution in [0.3, 0.4) is 0 Å². The van der Waals surface area contributed by atoms with Gasteiger partial charge in [0.15, 0.2) is 0 Å². The first-order valence-corrected chi connectivity index (χ1v) is 5.58. The van der Waals surface area contributed by atoms with Crippen LogP contribution in [0.25, 0.3) is 0 Å². The summed E-state index contributed by atoms with van der Waals surface area (Å²) in [6.45, 7) is 4.79. The van der Waals surface area contributed by atoms with Crippen LogP contribution < -0.4 is 5.32 Å². The van der Waals surface area contributed by atoms with Gasteiger partial charge in [0.2, 0.25) is 0 Å². The Morgan fingerprint density at radius 3 is 2.44 bits per heavy atom. The van der Waals surface area contributed by atoms with Crippen molar-refractivity contribution in [1.82, 2.24) is 5.32 Å². The minimum absolute atomic E-state index is 0.0257. The fourth-order valence-corrected chi connectivity index (χ4v) is 1.58. The van der Waals surface area contributed by atoms with Crippen molar-refractivity contribution in [3.8, 4) is 0 Å². The van der Waals surface area contributed by atoms with Crippen molar-refractivity contribution in [3.05, 3.63) is 35.9 Å². The standard InChI is InChI=1S/C13H19NO2/c1-10(2)12(8-13(15)16)14-9-11-6-4-3-5-7-11/h3-7,10,12,14H,8-9H2,1-2H3,(H,15,16). The van der Waals surface area contributed by atoms with Crippen molar-refractivity contribution in [2.24, 2.45) is 5.92 Å². The van der Waals surface area contributed by atoms with E-state index in [0.29, 0.717) is 5.92 Å². The Morgan fingerprint density at radius 2 is 1.94 bits per heavy atom. The molecular weight excluding hydrogens is 202 g/mol. The van der Waals surface area contributed by atoms with Gasteiger partial charge in [-0.25, -0.2) is 0 Å². The number of aliphatic carboxylic acids is 1. The van der Waals surface area contributed by atoms with Gasteiger partial charge in [-0.2, -0.15) is 0 Å². The molecule has 3 nitrogen and oxygen atoms in total. The molecule has 1 aromatic rings. The molecule has 0 bridgehead atoms. The molecule has 0 aliphatic heterocycles. The third-order valence-corrected chi connectivity index (χ3v) is 2.61. The summed E-state index contributed by atoms with van der Waals surface area (Å²) in [5.74, 6) is -0.431. The summed E-state index contributed by atoms with van der Waals surface area (Å²) in [5.41, 5.74) is 1.18. The van der Waals surface area contributed by atoms with E-state index in [-0.39, 0.29) is 12.5 Å². The van der Waals surface area contributed by atoms with Crippen molar-refractivity contribution in [3.63, 3.8) is 0 Å². The molecule has 1 rings (SSSR count). The quantitative estimate of drug-likeness (QED) is 0.774. The Kier molecular flexibility index (Phi) is 4.99. The lowest BCUT2D eigenvalue weighted by atomic mass is 10.0. The van der Waals surface area contributed by atoms with Gasteiger partial charge in [-0.15, -0.1) is 0 Å². The van der Waals surface area contributed by atoms with Crippen LogP contribution in [-0.2, 0) is 11.3 Å². The molecule has 1 aromatic carbocycles. The van der Waals surface area contributed by atoms with Gasteiger partial charge in [-0.1, -0.05) is 44.2 Å².